The van der Waals surface area contributed by atoms with Gasteiger partial charge in [-0.05, 0) is 12.1 Å². The zero-order valence-electron chi connectivity index (χ0n) is 7.71. The van der Waals surface area contributed by atoms with Crippen molar-refractivity contribution in [2.45, 2.75) is 0 Å². The molecular weight excluding hydrogens is 178 g/mol. The van der Waals surface area contributed by atoms with Crippen LogP contribution in [0.3, 0.4) is 0 Å². The lowest BCUT2D eigenvalue weighted by molar-refractivity contribution is 0.112. The van der Waals surface area contributed by atoms with E-state index in [9.17, 15) is 4.79 Å². The summed E-state index contributed by atoms with van der Waals surface area (Å²) in [6.45, 7) is 0. The molecule has 0 aromatic carbocycles. The summed E-state index contributed by atoms with van der Waals surface area (Å²) in [4.78, 5) is 18.8. The summed E-state index contributed by atoms with van der Waals surface area (Å²) in [6.07, 6.45) is 4.04. The Labute approximate surface area is 81.2 Å². The number of pyridine rings is 1. The lowest BCUT2D eigenvalue weighted by Crippen LogP contribution is -1.94. The summed E-state index contributed by atoms with van der Waals surface area (Å²) in [5.41, 5.74) is 1.93. The van der Waals surface area contributed by atoms with Gasteiger partial charge in [-0.25, -0.2) is 4.98 Å². The molecule has 70 valence electrons. The Kier molecular flexibility index (Phi) is 2.10. The van der Waals surface area contributed by atoms with Crippen LogP contribution in [0.25, 0.3) is 11.4 Å². The first kappa shape index (κ1) is 8.62. The molecule has 0 saturated carbocycles. The van der Waals surface area contributed by atoms with Gasteiger partial charge in [-0.3, -0.25) is 9.78 Å². The average Bonchev–Trinajstić information content (AvgIpc) is 2.61. The van der Waals surface area contributed by atoms with Crippen LogP contribution in [0.2, 0.25) is 0 Å². The van der Waals surface area contributed by atoms with E-state index >= 15 is 0 Å². The van der Waals surface area contributed by atoms with E-state index in [-0.39, 0.29) is 0 Å². The summed E-state index contributed by atoms with van der Waals surface area (Å²) in [7, 11) is 1.84. The third-order valence-electron chi connectivity index (χ3n) is 1.98. The van der Waals surface area contributed by atoms with Gasteiger partial charge in [0.2, 0.25) is 0 Å². The molecule has 0 radical (unpaired) electrons. The molecule has 0 aliphatic heterocycles. The van der Waals surface area contributed by atoms with Gasteiger partial charge in [-0.1, -0.05) is 6.07 Å². The van der Waals surface area contributed by atoms with Gasteiger partial charge < -0.3 is 4.57 Å². The first-order valence-corrected chi connectivity index (χ1v) is 4.21. The molecule has 2 aromatic heterocycles. The average molecular weight is 187 g/mol. The minimum absolute atomic E-state index is 0.422. The molecule has 4 heteroatoms. The fourth-order valence-corrected chi connectivity index (χ4v) is 1.35. The van der Waals surface area contributed by atoms with E-state index < -0.39 is 0 Å². The smallest absolute Gasteiger partial charge is 0.170 e. The van der Waals surface area contributed by atoms with Gasteiger partial charge in [0.25, 0.3) is 0 Å². The van der Waals surface area contributed by atoms with E-state index in [1.165, 1.54) is 0 Å². The predicted molar refractivity (Wildman–Crippen MR) is 51.8 cm³/mol. The van der Waals surface area contributed by atoms with Gasteiger partial charge in [0, 0.05) is 13.2 Å². The first-order valence-electron chi connectivity index (χ1n) is 4.21. The number of carbonyl (C=O) groups excluding carboxylic acids is 1. The predicted octanol–water partition coefficient (Wildman–Crippen LogP) is 1.29. The van der Waals surface area contributed by atoms with Crippen molar-refractivity contribution in [1.29, 1.82) is 0 Å². The quantitative estimate of drug-likeness (QED) is 0.665. The number of aromatic nitrogens is 3. The summed E-state index contributed by atoms with van der Waals surface area (Å²) in [6, 6.07) is 5.56. The zero-order valence-corrected chi connectivity index (χ0v) is 7.71. The van der Waals surface area contributed by atoms with Gasteiger partial charge in [-0.2, -0.15) is 0 Å². The molecule has 2 rings (SSSR count). The molecule has 0 saturated heterocycles. The number of imidazole rings is 1. The van der Waals surface area contributed by atoms with Crippen molar-refractivity contribution in [2.24, 2.45) is 7.05 Å². The second-order valence-corrected chi connectivity index (χ2v) is 2.92. The van der Waals surface area contributed by atoms with Gasteiger partial charge in [-0.15, -0.1) is 0 Å². The standard InChI is InChI=1S/C10H9N3O/c1-13-7-12-9(6-14)10(13)8-4-2-3-5-11-8/h2-7H,1H3. The first-order chi connectivity index (χ1) is 6.83. The van der Waals surface area contributed by atoms with Crippen LogP contribution in [0.5, 0.6) is 0 Å². The minimum atomic E-state index is 0.422. The second kappa shape index (κ2) is 3.41. The number of aryl methyl sites for hydroxylation is 1. The van der Waals surface area contributed by atoms with Gasteiger partial charge in [0.05, 0.1) is 17.7 Å². The van der Waals surface area contributed by atoms with Crippen LogP contribution >= 0.6 is 0 Å². The Bertz CT molecular complexity index is 448. The summed E-state index contributed by atoms with van der Waals surface area (Å²) in [5, 5.41) is 0. The molecule has 0 unspecified atom stereocenters. The monoisotopic (exact) mass is 187 g/mol. The lowest BCUT2D eigenvalue weighted by atomic mass is 10.2. The van der Waals surface area contributed by atoms with Crippen molar-refractivity contribution in [3.63, 3.8) is 0 Å². The number of aldehydes is 1. The summed E-state index contributed by atoms with van der Waals surface area (Å²) < 4.78 is 1.78. The highest BCUT2D eigenvalue weighted by Crippen LogP contribution is 2.18. The highest BCUT2D eigenvalue weighted by molar-refractivity contribution is 5.82. The Hall–Kier alpha value is -1.97. The van der Waals surface area contributed by atoms with Crippen molar-refractivity contribution >= 4 is 6.29 Å². The third-order valence-corrected chi connectivity index (χ3v) is 1.98. The van der Waals surface area contributed by atoms with Crippen LogP contribution < -0.4 is 0 Å². The number of hydrogen-bond acceptors (Lipinski definition) is 3. The Morgan fingerprint density at radius 2 is 2.21 bits per heavy atom. The molecule has 0 amide bonds. The maximum absolute atomic E-state index is 10.7. The molecule has 0 atom stereocenters. The van der Waals surface area contributed by atoms with E-state index in [1.54, 1.807) is 17.1 Å². The maximum Gasteiger partial charge on any atom is 0.170 e. The van der Waals surface area contributed by atoms with Crippen LogP contribution in [-0.2, 0) is 7.05 Å². The van der Waals surface area contributed by atoms with E-state index in [0.29, 0.717) is 5.69 Å². The van der Waals surface area contributed by atoms with E-state index in [4.69, 9.17) is 0 Å². The van der Waals surface area contributed by atoms with E-state index in [2.05, 4.69) is 9.97 Å². The van der Waals surface area contributed by atoms with Crippen LogP contribution in [0, 0.1) is 0 Å². The zero-order chi connectivity index (χ0) is 9.97. The highest BCUT2D eigenvalue weighted by Gasteiger charge is 2.10. The highest BCUT2D eigenvalue weighted by atomic mass is 16.1. The molecule has 0 N–H and O–H groups in total. The molecule has 14 heavy (non-hydrogen) atoms. The van der Waals surface area contributed by atoms with Crippen molar-refractivity contribution in [1.82, 2.24) is 14.5 Å². The SMILES string of the molecule is Cn1cnc(C=O)c1-c1ccccn1. The van der Waals surface area contributed by atoms with Crippen molar-refractivity contribution in [3.05, 3.63) is 36.4 Å². The van der Waals surface area contributed by atoms with Crippen LogP contribution in [0.1, 0.15) is 10.5 Å². The third kappa shape index (κ3) is 1.31. The molecule has 0 aliphatic rings. The normalized spacial score (nSPS) is 10.1. The van der Waals surface area contributed by atoms with Crippen molar-refractivity contribution < 1.29 is 4.79 Å². The lowest BCUT2D eigenvalue weighted by Gasteiger charge is -2.01. The number of rotatable bonds is 2. The van der Waals surface area contributed by atoms with Gasteiger partial charge in [0.15, 0.2) is 6.29 Å². The van der Waals surface area contributed by atoms with Gasteiger partial charge >= 0.3 is 0 Å². The largest absolute Gasteiger partial charge is 0.332 e. The van der Waals surface area contributed by atoms with Gasteiger partial charge in [0.1, 0.15) is 5.69 Å². The van der Waals surface area contributed by atoms with Crippen LogP contribution in [0.15, 0.2) is 30.7 Å². The Balaban J connectivity index is 2.61. The molecule has 0 fully saturated rings. The van der Waals surface area contributed by atoms with Crippen molar-refractivity contribution in [2.75, 3.05) is 0 Å². The molecular formula is C10H9N3O. The molecule has 2 aromatic rings. The molecule has 0 bridgehead atoms. The molecule has 0 spiro atoms. The molecule has 2 heterocycles. The number of carbonyl (C=O) groups is 1. The topological polar surface area (TPSA) is 47.8 Å². The summed E-state index contributed by atoms with van der Waals surface area (Å²) >= 11 is 0. The minimum Gasteiger partial charge on any atom is -0.332 e. The maximum atomic E-state index is 10.7. The molecule has 0 aliphatic carbocycles. The Morgan fingerprint density at radius 3 is 2.86 bits per heavy atom. The molecule has 4 nitrogen and oxygen atoms in total. The van der Waals surface area contributed by atoms with Crippen LogP contribution in [-0.4, -0.2) is 20.8 Å². The van der Waals surface area contributed by atoms with E-state index in [1.807, 2.05) is 25.2 Å². The second-order valence-electron chi connectivity index (χ2n) is 2.92. The van der Waals surface area contributed by atoms with E-state index in [0.717, 1.165) is 17.7 Å². The fraction of sp³-hybridized carbons (Fsp3) is 0.100. The summed E-state index contributed by atoms with van der Waals surface area (Å²) in [5.74, 6) is 0. The Morgan fingerprint density at radius 1 is 1.36 bits per heavy atom. The number of hydrogen-bond donors (Lipinski definition) is 0. The van der Waals surface area contributed by atoms with Crippen LogP contribution in [0.4, 0.5) is 0 Å². The number of nitrogens with zero attached hydrogens (tertiary/aromatic N) is 3. The fourth-order valence-electron chi connectivity index (χ4n) is 1.35. The van der Waals surface area contributed by atoms with Crippen molar-refractivity contribution in [3.8, 4) is 11.4 Å².